The number of carbonyl (C=O) groups excluding carboxylic acids is 2. The highest BCUT2D eigenvalue weighted by atomic mass is 35.5. The molecule has 0 unspecified atom stereocenters. The first kappa shape index (κ1) is 34.8. The van der Waals surface area contributed by atoms with Gasteiger partial charge in [0.25, 0.3) is 10.0 Å². The fourth-order valence-corrected chi connectivity index (χ4v) is 6.98. The van der Waals surface area contributed by atoms with Gasteiger partial charge in [0, 0.05) is 35.1 Å². The van der Waals surface area contributed by atoms with Crippen molar-refractivity contribution in [3.05, 3.63) is 123 Å². The summed E-state index contributed by atoms with van der Waals surface area (Å²) in [5.41, 5.74) is 3.07. The van der Waals surface area contributed by atoms with Crippen molar-refractivity contribution in [3.63, 3.8) is 0 Å². The van der Waals surface area contributed by atoms with Crippen LogP contribution in [-0.4, -0.2) is 51.4 Å². The van der Waals surface area contributed by atoms with Crippen molar-refractivity contribution in [2.75, 3.05) is 24.5 Å². The Labute approximate surface area is 280 Å². The lowest BCUT2D eigenvalue weighted by atomic mass is 10.0. The zero-order valence-electron chi connectivity index (χ0n) is 26.2. The molecule has 1 atom stereocenters. The summed E-state index contributed by atoms with van der Waals surface area (Å²) < 4.78 is 35.2. The molecule has 2 amide bonds. The molecule has 0 fully saturated rings. The van der Waals surface area contributed by atoms with Crippen LogP contribution in [0, 0.1) is 13.8 Å². The van der Waals surface area contributed by atoms with Gasteiger partial charge in [0.1, 0.15) is 18.3 Å². The normalized spacial score (nSPS) is 11.9. The Hall–Kier alpha value is -4.05. The molecule has 11 heteroatoms. The van der Waals surface area contributed by atoms with Crippen molar-refractivity contribution in [3.8, 4) is 5.75 Å². The average molecular weight is 683 g/mol. The molecule has 1 N–H and O–H groups in total. The predicted octanol–water partition coefficient (Wildman–Crippen LogP) is 6.59. The molecule has 0 bridgehead atoms. The van der Waals surface area contributed by atoms with E-state index in [1.807, 2.05) is 44.2 Å². The van der Waals surface area contributed by atoms with Gasteiger partial charge < -0.3 is 15.0 Å². The van der Waals surface area contributed by atoms with Gasteiger partial charge in [-0.25, -0.2) is 8.42 Å². The molecule has 4 aromatic rings. The van der Waals surface area contributed by atoms with Crippen LogP contribution in [0.15, 0.2) is 95.9 Å². The Morgan fingerprint density at radius 1 is 0.870 bits per heavy atom. The first-order valence-electron chi connectivity index (χ1n) is 14.7. The molecule has 4 aromatic carbocycles. The summed E-state index contributed by atoms with van der Waals surface area (Å²) in [7, 11) is -2.87. The Balaban J connectivity index is 1.88. The number of hydrogen-bond acceptors (Lipinski definition) is 5. The molecule has 4 rings (SSSR count). The Morgan fingerprint density at radius 2 is 1.50 bits per heavy atom. The maximum absolute atomic E-state index is 14.6. The molecule has 46 heavy (non-hydrogen) atoms. The maximum atomic E-state index is 14.6. The summed E-state index contributed by atoms with van der Waals surface area (Å²) >= 11 is 13.1. The molecule has 0 aromatic heterocycles. The van der Waals surface area contributed by atoms with E-state index < -0.39 is 34.4 Å². The van der Waals surface area contributed by atoms with Crippen molar-refractivity contribution < 1.29 is 22.7 Å². The quantitative estimate of drug-likeness (QED) is 0.172. The summed E-state index contributed by atoms with van der Waals surface area (Å²) in [6.07, 6.45) is 0.166. The van der Waals surface area contributed by atoms with Crippen LogP contribution in [0.1, 0.15) is 29.2 Å². The molecular formula is C35H37Cl2N3O5S. The van der Waals surface area contributed by atoms with E-state index in [-0.39, 0.29) is 29.3 Å². The molecule has 0 heterocycles. The van der Waals surface area contributed by atoms with Gasteiger partial charge in [-0.1, -0.05) is 83.4 Å². The van der Waals surface area contributed by atoms with E-state index in [0.717, 1.165) is 21.0 Å². The average Bonchev–Trinajstić information content (AvgIpc) is 3.03. The zero-order valence-corrected chi connectivity index (χ0v) is 28.5. The van der Waals surface area contributed by atoms with E-state index in [1.54, 1.807) is 55.5 Å². The minimum absolute atomic E-state index is 0.000260. The number of carbonyl (C=O) groups is 2. The lowest BCUT2D eigenvalue weighted by Crippen LogP contribution is -2.53. The highest BCUT2D eigenvalue weighted by molar-refractivity contribution is 7.92. The Bertz CT molecular complexity index is 1760. The van der Waals surface area contributed by atoms with E-state index >= 15 is 0 Å². The Morgan fingerprint density at radius 3 is 2.11 bits per heavy atom. The number of aryl methyl sites for hydroxylation is 2. The van der Waals surface area contributed by atoms with E-state index in [1.165, 1.54) is 24.1 Å². The third-order valence-electron chi connectivity index (χ3n) is 7.50. The second kappa shape index (κ2) is 15.5. The summed E-state index contributed by atoms with van der Waals surface area (Å²) in [5, 5.41) is 3.46. The summed E-state index contributed by atoms with van der Waals surface area (Å²) in [6.45, 7) is 5.01. The van der Waals surface area contributed by atoms with E-state index in [2.05, 4.69) is 5.32 Å². The third-order valence-corrected chi connectivity index (χ3v) is 9.99. The molecule has 0 radical (unpaired) electrons. The number of nitrogens with one attached hydrogen (secondary N) is 1. The summed E-state index contributed by atoms with van der Waals surface area (Å²) in [5.74, 6) is -0.772. The maximum Gasteiger partial charge on any atom is 0.264 e. The van der Waals surface area contributed by atoms with Crippen LogP contribution in [0.5, 0.6) is 5.75 Å². The SMILES string of the molecule is CCNC(=O)[C@@H](Cc1ccccc1)N(Cc1c(Cl)cccc1Cl)C(=O)CN(c1cc(C)ccc1OC)S(=O)(=O)c1ccc(C)cc1. The van der Waals surface area contributed by atoms with Crippen LogP contribution in [-0.2, 0) is 32.6 Å². The third kappa shape index (κ3) is 8.20. The number of anilines is 1. The van der Waals surface area contributed by atoms with E-state index in [9.17, 15) is 18.0 Å². The molecule has 242 valence electrons. The molecule has 8 nitrogen and oxygen atoms in total. The van der Waals surface area contributed by atoms with Crippen molar-refractivity contribution in [1.82, 2.24) is 10.2 Å². The van der Waals surface area contributed by atoms with Crippen LogP contribution in [0.3, 0.4) is 0 Å². The van der Waals surface area contributed by atoms with Crippen molar-refractivity contribution in [2.45, 2.75) is 44.7 Å². The van der Waals surface area contributed by atoms with Crippen molar-refractivity contribution in [2.24, 2.45) is 0 Å². The molecule has 0 saturated heterocycles. The van der Waals surface area contributed by atoms with Gasteiger partial charge in [0.15, 0.2) is 0 Å². The molecule has 0 aliphatic rings. The van der Waals surface area contributed by atoms with Gasteiger partial charge in [0.2, 0.25) is 11.8 Å². The highest BCUT2D eigenvalue weighted by Crippen LogP contribution is 2.34. The van der Waals surface area contributed by atoms with Crippen molar-refractivity contribution >= 4 is 50.7 Å². The van der Waals surface area contributed by atoms with Gasteiger partial charge in [-0.2, -0.15) is 0 Å². The number of methoxy groups -OCH3 is 1. The van der Waals surface area contributed by atoms with Crippen LogP contribution in [0.25, 0.3) is 0 Å². The molecule has 0 spiro atoms. The van der Waals surface area contributed by atoms with Crippen LogP contribution < -0.4 is 14.4 Å². The lowest BCUT2D eigenvalue weighted by Gasteiger charge is -2.34. The van der Waals surface area contributed by atoms with E-state index in [4.69, 9.17) is 27.9 Å². The second-order valence-corrected chi connectivity index (χ2v) is 13.5. The van der Waals surface area contributed by atoms with E-state index in [0.29, 0.717) is 22.2 Å². The number of hydrogen-bond donors (Lipinski definition) is 1. The Kier molecular flexibility index (Phi) is 11.7. The molecular weight excluding hydrogens is 645 g/mol. The van der Waals surface area contributed by atoms with Gasteiger partial charge in [-0.15, -0.1) is 0 Å². The van der Waals surface area contributed by atoms with Gasteiger partial charge in [-0.3, -0.25) is 13.9 Å². The number of ether oxygens (including phenoxy) is 1. The number of halogens is 2. The summed E-state index contributed by atoms with van der Waals surface area (Å²) in [4.78, 5) is 29.7. The lowest BCUT2D eigenvalue weighted by molar-refractivity contribution is -0.140. The first-order chi connectivity index (χ1) is 22.0. The van der Waals surface area contributed by atoms with Crippen LogP contribution >= 0.6 is 23.2 Å². The van der Waals surface area contributed by atoms with Crippen LogP contribution in [0.4, 0.5) is 5.69 Å². The number of sulfonamides is 1. The smallest absolute Gasteiger partial charge is 0.264 e. The number of rotatable bonds is 13. The minimum Gasteiger partial charge on any atom is -0.495 e. The fraction of sp³-hybridized carbons (Fsp3) is 0.257. The number of benzene rings is 4. The van der Waals surface area contributed by atoms with Gasteiger partial charge in [-0.05, 0) is 68.3 Å². The largest absolute Gasteiger partial charge is 0.495 e. The zero-order chi connectivity index (χ0) is 33.4. The van der Waals surface area contributed by atoms with Crippen molar-refractivity contribution in [1.29, 1.82) is 0 Å². The molecule has 0 aliphatic carbocycles. The number of likely N-dealkylation sites (N-methyl/N-ethyl adjacent to an activating group) is 1. The van der Waals surface area contributed by atoms with Gasteiger partial charge in [0.05, 0.1) is 17.7 Å². The molecule has 0 aliphatic heterocycles. The monoisotopic (exact) mass is 681 g/mol. The van der Waals surface area contributed by atoms with Gasteiger partial charge >= 0.3 is 0 Å². The second-order valence-electron chi connectivity index (χ2n) is 10.8. The predicted molar refractivity (Wildman–Crippen MR) is 183 cm³/mol. The topological polar surface area (TPSA) is 96.0 Å². The van der Waals surface area contributed by atoms with Crippen LogP contribution in [0.2, 0.25) is 10.0 Å². The number of nitrogens with zero attached hydrogens (tertiary/aromatic N) is 2. The first-order valence-corrected chi connectivity index (χ1v) is 16.9. The number of amides is 2. The molecule has 0 saturated carbocycles. The standard InChI is InChI=1S/C35H37Cl2N3O5S/c1-5-38-35(42)32(21-26-10-7-6-8-11-26)39(22-28-29(36)12-9-13-30(28)37)34(41)23-40(31-20-25(3)16-19-33(31)45-4)46(43,44)27-17-14-24(2)15-18-27/h6-20,32H,5,21-23H2,1-4H3,(H,38,42)/t32-/m1/s1. The highest BCUT2D eigenvalue weighted by Gasteiger charge is 2.36. The minimum atomic E-state index is -4.30. The summed E-state index contributed by atoms with van der Waals surface area (Å²) in [6, 6.07) is 24.7. The fourth-order valence-electron chi connectivity index (χ4n) is 5.05.